The van der Waals surface area contributed by atoms with Crippen molar-refractivity contribution in [3.63, 3.8) is 0 Å². The molecule has 1 aliphatic rings. The highest BCUT2D eigenvalue weighted by molar-refractivity contribution is 8.26. The third-order valence-corrected chi connectivity index (χ3v) is 4.58. The molecule has 0 radical (unpaired) electrons. The monoisotopic (exact) mass is 366 g/mol. The van der Waals surface area contributed by atoms with Crippen molar-refractivity contribution in [1.82, 2.24) is 4.90 Å². The van der Waals surface area contributed by atoms with Crippen molar-refractivity contribution < 1.29 is 24.2 Å². The fourth-order valence-electron chi connectivity index (χ4n) is 2.10. The van der Waals surface area contributed by atoms with E-state index in [2.05, 4.69) is 0 Å². The van der Waals surface area contributed by atoms with E-state index in [4.69, 9.17) is 21.7 Å². The van der Waals surface area contributed by atoms with E-state index in [0.29, 0.717) is 27.3 Å². The summed E-state index contributed by atoms with van der Waals surface area (Å²) >= 11 is 6.28. The Labute approximate surface area is 149 Å². The highest BCUT2D eigenvalue weighted by atomic mass is 32.2. The van der Waals surface area contributed by atoms with E-state index in [0.717, 1.165) is 17.3 Å². The van der Waals surface area contributed by atoms with Crippen molar-refractivity contribution in [2.45, 2.75) is 13.3 Å². The molecule has 1 amide bonds. The lowest BCUT2D eigenvalue weighted by molar-refractivity contribution is -0.305. The van der Waals surface area contributed by atoms with Crippen LogP contribution in [0.1, 0.15) is 18.9 Å². The van der Waals surface area contributed by atoms with Gasteiger partial charge in [-0.15, -0.1) is 0 Å². The van der Waals surface area contributed by atoms with Crippen LogP contribution in [0.25, 0.3) is 6.08 Å². The van der Waals surface area contributed by atoms with Crippen LogP contribution in [0.15, 0.2) is 23.1 Å². The van der Waals surface area contributed by atoms with Crippen molar-refractivity contribution in [3.05, 3.63) is 28.7 Å². The van der Waals surface area contributed by atoms with Gasteiger partial charge in [0.25, 0.3) is 5.91 Å². The number of carbonyl (C=O) groups is 2. The van der Waals surface area contributed by atoms with E-state index in [9.17, 15) is 14.7 Å². The van der Waals surface area contributed by atoms with Gasteiger partial charge >= 0.3 is 0 Å². The van der Waals surface area contributed by atoms with Crippen LogP contribution in [0, 0.1) is 0 Å². The number of benzene rings is 1. The second-order valence-electron chi connectivity index (χ2n) is 4.80. The molecule has 0 atom stereocenters. The van der Waals surface area contributed by atoms with Gasteiger partial charge in [-0.3, -0.25) is 9.69 Å². The zero-order chi connectivity index (χ0) is 17.7. The smallest absolute Gasteiger partial charge is 0.266 e. The predicted molar refractivity (Wildman–Crippen MR) is 93.7 cm³/mol. The van der Waals surface area contributed by atoms with Crippen molar-refractivity contribution in [3.8, 4) is 11.5 Å². The Hall–Kier alpha value is -2.06. The first-order valence-corrected chi connectivity index (χ1v) is 8.44. The van der Waals surface area contributed by atoms with Crippen LogP contribution in [0.5, 0.6) is 11.5 Å². The van der Waals surface area contributed by atoms with Crippen molar-refractivity contribution in [1.29, 1.82) is 0 Å². The molecule has 6 nitrogen and oxygen atoms in total. The number of ether oxygens (including phenoxy) is 2. The highest BCUT2D eigenvalue weighted by Gasteiger charge is 2.31. The third-order valence-electron chi connectivity index (χ3n) is 3.20. The molecule has 0 unspecified atom stereocenters. The molecule has 0 aromatic heterocycles. The van der Waals surface area contributed by atoms with Crippen LogP contribution in [0.3, 0.4) is 0 Å². The maximum atomic E-state index is 12.3. The van der Waals surface area contributed by atoms with E-state index in [-0.39, 0.29) is 18.9 Å². The first-order chi connectivity index (χ1) is 11.5. The summed E-state index contributed by atoms with van der Waals surface area (Å²) in [5.41, 5.74) is 0.764. The Balaban J connectivity index is 2.22. The molecule has 0 saturated carbocycles. The molecule has 0 aliphatic carbocycles. The molecule has 2 rings (SSSR count). The van der Waals surface area contributed by atoms with Gasteiger partial charge in [0, 0.05) is 18.9 Å². The fourth-order valence-corrected chi connectivity index (χ4v) is 3.41. The van der Waals surface area contributed by atoms with E-state index >= 15 is 0 Å². The number of methoxy groups -OCH3 is 1. The van der Waals surface area contributed by atoms with Gasteiger partial charge in [0.05, 0.1) is 18.6 Å². The first-order valence-electron chi connectivity index (χ1n) is 7.22. The van der Waals surface area contributed by atoms with Crippen LogP contribution in [-0.2, 0) is 9.59 Å². The molecule has 1 heterocycles. The lowest BCUT2D eigenvalue weighted by atomic mass is 10.2. The molecule has 1 fully saturated rings. The molecule has 0 bridgehead atoms. The lowest BCUT2D eigenvalue weighted by Crippen LogP contribution is -2.33. The lowest BCUT2D eigenvalue weighted by Gasteiger charge is -2.14. The third kappa shape index (κ3) is 4.27. The van der Waals surface area contributed by atoms with Gasteiger partial charge in [0.15, 0.2) is 11.5 Å². The Bertz CT molecular complexity index is 702. The van der Waals surface area contributed by atoms with E-state index in [1.165, 1.54) is 4.90 Å². The Kier molecular flexibility index (Phi) is 6.22. The van der Waals surface area contributed by atoms with Crippen LogP contribution in [0.2, 0.25) is 0 Å². The second kappa shape index (κ2) is 8.16. The maximum absolute atomic E-state index is 12.3. The summed E-state index contributed by atoms with van der Waals surface area (Å²) < 4.78 is 11.1. The number of thioether (sulfide) groups is 1. The van der Waals surface area contributed by atoms with E-state index in [1.807, 2.05) is 6.92 Å². The maximum Gasteiger partial charge on any atom is 0.266 e. The summed E-state index contributed by atoms with van der Waals surface area (Å²) in [6.45, 7) is 2.37. The number of amides is 1. The summed E-state index contributed by atoms with van der Waals surface area (Å²) in [6.07, 6.45) is 1.44. The number of thiocarbonyl (C=S) groups is 1. The molecule has 1 aromatic rings. The first kappa shape index (κ1) is 18.3. The van der Waals surface area contributed by atoms with E-state index < -0.39 is 5.97 Å². The fraction of sp³-hybridized carbons (Fsp3) is 0.312. The Morgan fingerprint density at radius 2 is 2.17 bits per heavy atom. The summed E-state index contributed by atoms with van der Waals surface area (Å²) in [6, 6.07) is 5.33. The Morgan fingerprint density at radius 3 is 2.79 bits per heavy atom. The molecule has 0 spiro atoms. The number of hydrogen-bond donors (Lipinski definition) is 0. The zero-order valence-electron chi connectivity index (χ0n) is 13.2. The van der Waals surface area contributed by atoms with Crippen LogP contribution in [0.4, 0.5) is 0 Å². The number of carboxylic acid groups (broad SMARTS) is 1. The molecule has 1 saturated heterocycles. The van der Waals surface area contributed by atoms with Gasteiger partial charge < -0.3 is 19.4 Å². The standard InChI is InChI=1S/C16H17NO5S2/c1-3-22-12-8-10(4-5-11(12)21-2)9-13-15(20)17(16(23)24-13)7-6-14(18)19/h4-5,8-9H,3,6-7H2,1-2H3,(H,18,19)/p-1/b13-9+. The topological polar surface area (TPSA) is 78.9 Å². The van der Waals surface area contributed by atoms with Gasteiger partial charge in [-0.05, 0) is 30.7 Å². The SMILES string of the molecule is CCOc1cc(/C=C2/SC(=S)N(CCC(=O)[O-])C2=O)ccc1OC. The summed E-state index contributed by atoms with van der Waals surface area (Å²) in [5, 5.41) is 10.6. The molecule has 0 N–H and O–H groups in total. The normalized spacial score (nSPS) is 15.9. The minimum Gasteiger partial charge on any atom is -0.550 e. The number of aliphatic carboxylic acids is 1. The Morgan fingerprint density at radius 1 is 1.42 bits per heavy atom. The summed E-state index contributed by atoms with van der Waals surface area (Å²) in [5.74, 6) is -0.332. The van der Waals surface area contributed by atoms with Gasteiger partial charge in [-0.1, -0.05) is 30.0 Å². The number of rotatable bonds is 7. The summed E-state index contributed by atoms with van der Waals surface area (Å²) in [4.78, 5) is 24.6. The quantitative estimate of drug-likeness (QED) is 0.534. The molecular weight excluding hydrogens is 350 g/mol. The molecule has 1 aliphatic heterocycles. The second-order valence-corrected chi connectivity index (χ2v) is 6.47. The molecule has 128 valence electrons. The molecule has 24 heavy (non-hydrogen) atoms. The van der Waals surface area contributed by atoms with E-state index in [1.54, 1.807) is 31.4 Å². The largest absolute Gasteiger partial charge is 0.550 e. The van der Waals surface area contributed by atoms with Crippen LogP contribution in [-0.4, -0.2) is 41.4 Å². The predicted octanol–water partition coefficient (Wildman–Crippen LogP) is 1.44. The number of carbonyl (C=O) groups excluding carboxylic acids is 2. The minimum atomic E-state index is -1.22. The molecule has 8 heteroatoms. The number of carboxylic acids is 1. The minimum absolute atomic E-state index is 0.0111. The number of hydrogen-bond acceptors (Lipinski definition) is 7. The van der Waals surface area contributed by atoms with Crippen molar-refractivity contribution in [2.75, 3.05) is 20.3 Å². The van der Waals surface area contributed by atoms with Gasteiger partial charge in [-0.25, -0.2) is 0 Å². The van der Waals surface area contributed by atoms with Crippen LogP contribution >= 0.6 is 24.0 Å². The average molecular weight is 366 g/mol. The molecule has 1 aromatic carbocycles. The average Bonchev–Trinajstić information content (AvgIpc) is 2.80. The summed E-state index contributed by atoms with van der Waals surface area (Å²) in [7, 11) is 1.56. The van der Waals surface area contributed by atoms with Gasteiger partial charge in [0.2, 0.25) is 0 Å². The molecular formula is C16H16NO5S2-. The zero-order valence-corrected chi connectivity index (χ0v) is 14.9. The van der Waals surface area contributed by atoms with Crippen molar-refractivity contribution in [2.24, 2.45) is 0 Å². The number of nitrogens with zero attached hydrogens (tertiary/aromatic N) is 1. The highest BCUT2D eigenvalue weighted by Crippen LogP contribution is 2.34. The van der Waals surface area contributed by atoms with Gasteiger partial charge in [-0.2, -0.15) is 0 Å². The van der Waals surface area contributed by atoms with Crippen molar-refractivity contribution >= 4 is 46.3 Å². The van der Waals surface area contributed by atoms with Crippen LogP contribution < -0.4 is 14.6 Å². The van der Waals surface area contributed by atoms with Gasteiger partial charge in [0.1, 0.15) is 4.32 Å².